The van der Waals surface area contributed by atoms with Gasteiger partial charge in [0.05, 0.1) is 12.2 Å². The van der Waals surface area contributed by atoms with Gasteiger partial charge in [0.1, 0.15) is 5.75 Å². The molecule has 4 aromatic rings. The lowest BCUT2D eigenvalue weighted by Crippen LogP contribution is -1.98. The lowest BCUT2D eigenvalue weighted by atomic mass is 9.97. The Kier molecular flexibility index (Phi) is 7.79. The largest absolute Gasteiger partial charge is 0.507 e. The van der Waals surface area contributed by atoms with Crippen molar-refractivity contribution in [3.8, 4) is 33.8 Å². The van der Waals surface area contributed by atoms with Crippen molar-refractivity contribution in [2.75, 3.05) is 6.61 Å². The van der Waals surface area contributed by atoms with Crippen molar-refractivity contribution < 1.29 is 23.4 Å². The molecule has 0 amide bonds. The molecule has 0 heterocycles. The van der Waals surface area contributed by atoms with Gasteiger partial charge in [-0.25, -0.2) is 4.39 Å². The molecule has 0 saturated carbocycles. The SMILES string of the molecule is CCOc1ccc(-c2ccc(CCc3ccc(-c4ccc(C(=O)CC)c(O)c4)cc3)cc2)c(F)c1F. The maximum Gasteiger partial charge on any atom is 0.201 e. The van der Waals surface area contributed by atoms with E-state index in [4.69, 9.17) is 4.74 Å². The van der Waals surface area contributed by atoms with Crippen molar-refractivity contribution in [3.63, 3.8) is 0 Å². The van der Waals surface area contributed by atoms with Crippen LogP contribution >= 0.6 is 0 Å². The van der Waals surface area contributed by atoms with Gasteiger partial charge in [0.2, 0.25) is 5.82 Å². The first kappa shape index (κ1) is 25.1. The van der Waals surface area contributed by atoms with Gasteiger partial charge in [-0.05, 0) is 71.8 Å². The van der Waals surface area contributed by atoms with Crippen LogP contribution in [0.3, 0.4) is 0 Å². The van der Waals surface area contributed by atoms with Crippen LogP contribution in [0.25, 0.3) is 22.3 Å². The molecule has 3 nitrogen and oxygen atoms in total. The molecule has 0 aliphatic carbocycles. The third kappa shape index (κ3) is 5.46. The highest BCUT2D eigenvalue weighted by molar-refractivity contribution is 5.99. The monoisotopic (exact) mass is 486 g/mol. The Morgan fingerprint density at radius 3 is 1.89 bits per heavy atom. The number of phenolic OH excluding ortho intramolecular Hbond substituents is 1. The van der Waals surface area contributed by atoms with Crippen LogP contribution in [0.2, 0.25) is 0 Å². The molecular formula is C31H28F2O3. The smallest absolute Gasteiger partial charge is 0.201 e. The van der Waals surface area contributed by atoms with Gasteiger partial charge in [-0.15, -0.1) is 0 Å². The summed E-state index contributed by atoms with van der Waals surface area (Å²) >= 11 is 0. The molecule has 0 fully saturated rings. The van der Waals surface area contributed by atoms with E-state index in [2.05, 4.69) is 0 Å². The van der Waals surface area contributed by atoms with E-state index in [9.17, 15) is 18.7 Å². The van der Waals surface area contributed by atoms with Crippen LogP contribution in [-0.2, 0) is 12.8 Å². The molecule has 4 rings (SSSR count). The van der Waals surface area contributed by atoms with E-state index < -0.39 is 11.6 Å². The fraction of sp³-hybridized carbons (Fsp3) is 0.194. The number of ketones is 1. The highest BCUT2D eigenvalue weighted by Gasteiger charge is 2.15. The van der Waals surface area contributed by atoms with E-state index >= 15 is 0 Å². The van der Waals surface area contributed by atoms with Crippen molar-refractivity contribution in [2.24, 2.45) is 0 Å². The summed E-state index contributed by atoms with van der Waals surface area (Å²) in [6.45, 7) is 3.76. The summed E-state index contributed by atoms with van der Waals surface area (Å²) in [5.74, 6) is -2.04. The van der Waals surface area contributed by atoms with E-state index in [0.717, 1.165) is 35.1 Å². The average molecular weight is 487 g/mol. The van der Waals surface area contributed by atoms with Gasteiger partial charge in [-0.1, -0.05) is 61.5 Å². The topological polar surface area (TPSA) is 46.5 Å². The average Bonchev–Trinajstić information content (AvgIpc) is 2.90. The van der Waals surface area contributed by atoms with Gasteiger partial charge in [-0.2, -0.15) is 4.39 Å². The Morgan fingerprint density at radius 1 is 0.750 bits per heavy atom. The van der Waals surface area contributed by atoms with Gasteiger partial charge in [0.25, 0.3) is 0 Å². The molecule has 0 atom stereocenters. The molecule has 184 valence electrons. The second kappa shape index (κ2) is 11.2. The van der Waals surface area contributed by atoms with Crippen LogP contribution < -0.4 is 4.74 Å². The van der Waals surface area contributed by atoms with E-state index in [1.807, 2.05) is 42.5 Å². The molecule has 5 heteroatoms. The van der Waals surface area contributed by atoms with E-state index in [1.54, 1.807) is 38.1 Å². The van der Waals surface area contributed by atoms with Gasteiger partial charge >= 0.3 is 0 Å². The standard InChI is InChI=1S/C31H28F2O3/c1-3-27(34)26-16-15-24(19-28(26)35)22-11-7-20(8-12-22)5-6-21-9-13-23(14-10-21)25-17-18-29(36-4-2)31(33)30(25)32/h7-19,35H,3-6H2,1-2H3. The number of hydrogen-bond acceptors (Lipinski definition) is 3. The number of ether oxygens (including phenoxy) is 1. The van der Waals surface area contributed by atoms with Crippen LogP contribution in [-0.4, -0.2) is 17.5 Å². The minimum Gasteiger partial charge on any atom is -0.507 e. The summed E-state index contributed by atoms with van der Waals surface area (Å²) in [6, 6.07) is 23.7. The Bertz CT molecular complexity index is 1360. The Labute approximate surface area is 210 Å². The zero-order valence-electron chi connectivity index (χ0n) is 20.4. The van der Waals surface area contributed by atoms with Crippen LogP contribution in [0.1, 0.15) is 41.8 Å². The Balaban J connectivity index is 1.41. The van der Waals surface area contributed by atoms with Crippen LogP contribution in [0, 0.1) is 11.6 Å². The quantitative estimate of drug-likeness (QED) is 0.246. The van der Waals surface area contributed by atoms with Crippen molar-refractivity contribution in [1.82, 2.24) is 0 Å². The third-order valence-electron chi connectivity index (χ3n) is 6.22. The third-order valence-corrected chi connectivity index (χ3v) is 6.22. The minimum absolute atomic E-state index is 0.000251. The van der Waals surface area contributed by atoms with Gasteiger partial charge in [0, 0.05) is 12.0 Å². The van der Waals surface area contributed by atoms with Crippen molar-refractivity contribution in [3.05, 3.63) is 107 Å². The number of aromatic hydroxyl groups is 1. The summed E-state index contributed by atoms with van der Waals surface area (Å²) in [7, 11) is 0. The zero-order valence-corrected chi connectivity index (χ0v) is 20.4. The molecular weight excluding hydrogens is 458 g/mol. The molecule has 0 aliphatic heterocycles. The normalized spacial score (nSPS) is 10.9. The first-order chi connectivity index (χ1) is 17.4. The number of carbonyl (C=O) groups excluding carboxylic acids is 1. The summed E-state index contributed by atoms with van der Waals surface area (Å²) in [5, 5.41) is 10.2. The second-order valence-electron chi connectivity index (χ2n) is 8.57. The van der Waals surface area contributed by atoms with E-state index in [1.165, 1.54) is 12.1 Å². The summed E-state index contributed by atoms with van der Waals surface area (Å²) in [5.41, 5.74) is 5.21. The molecule has 36 heavy (non-hydrogen) atoms. The van der Waals surface area contributed by atoms with Crippen molar-refractivity contribution in [2.45, 2.75) is 33.1 Å². The number of phenols is 1. The number of Topliss-reactive ketones (excluding diaryl/α,β-unsaturated/α-hetero) is 1. The molecule has 0 radical (unpaired) electrons. The maximum absolute atomic E-state index is 14.5. The molecule has 0 saturated heterocycles. The van der Waals surface area contributed by atoms with Crippen LogP contribution in [0.15, 0.2) is 78.9 Å². The molecule has 0 unspecified atom stereocenters. The molecule has 0 aromatic heterocycles. The summed E-state index contributed by atoms with van der Waals surface area (Å²) in [6.07, 6.45) is 1.97. The lowest BCUT2D eigenvalue weighted by Gasteiger charge is -2.10. The van der Waals surface area contributed by atoms with E-state index in [0.29, 0.717) is 17.5 Å². The fourth-order valence-corrected chi connectivity index (χ4v) is 4.16. The lowest BCUT2D eigenvalue weighted by molar-refractivity contribution is 0.0985. The minimum atomic E-state index is -0.970. The number of carbonyl (C=O) groups is 1. The second-order valence-corrected chi connectivity index (χ2v) is 8.57. The first-order valence-corrected chi connectivity index (χ1v) is 12.1. The predicted molar refractivity (Wildman–Crippen MR) is 139 cm³/mol. The van der Waals surface area contributed by atoms with Gasteiger partial charge in [0.15, 0.2) is 17.3 Å². The number of hydrogen-bond donors (Lipinski definition) is 1. The van der Waals surface area contributed by atoms with Gasteiger partial charge < -0.3 is 9.84 Å². The first-order valence-electron chi connectivity index (χ1n) is 12.1. The Hall–Kier alpha value is -3.99. The number of rotatable bonds is 9. The fourth-order valence-electron chi connectivity index (χ4n) is 4.16. The van der Waals surface area contributed by atoms with Crippen LogP contribution in [0.5, 0.6) is 11.5 Å². The predicted octanol–water partition coefficient (Wildman–Crippen LogP) is 7.78. The zero-order chi connectivity index (χ0) is 25.7. The number of benzene rings is 4. The molecule has 0 spiro atoms. The Morgan fingerprint density at radius 2 is 1.33 bits per heavy atom. The summed E-state index contributed by atoms with van der Waals surface area (Å²) < 4.78 is 33.8. The number of aryl methyl sites for hydroxylation is 2. The molecule has 1 N–H and O–H groups in total. The molecule has 0 bridgehead atoms. The molecule has 4 aromatic carbocycles. The van der Waals surface area contributed by atoms with Crippen molar-refractivity contribution >= 4 is 5.78 Å². The van der Waals surface area contributed by atoms with Crippen LogP contribution in [0.4, 0.5) is 8.78 Å². The van der Waals surface area contributed by atoms with Crippen molar-refractivity contribution in [1.29, 1.82) is 0 Å². The van der Waals surface area contributed by atoms with Gasteiger partial charge in [-0.3, -0.25) is 4.79 Å². The van der Waals surface area contributed by atoms with E-state index in [-0.39, 0.29) is 29.5 Å². The summed E-state index contributed by atoms with van der Waals surface area (Å²) in [4.78, 5) is 11.9. The maximum atomic E-state index is 14.5. The molecule has 0 aliphatic rings. The highest BCUT2D eigenvalue weighted by Crippen LogP contribution is 2.31. The highest BCUT2D eigenvalue weighted by atomic mass is 19.2. The number of halogens is 2.